The first kappa shape index (κ1) is 66.8. The Morgan fingerprint density at radius 1 is 0.269 bits per heavy atom. The van der Waals surface area contributed by atoms with E-state index < -0.39 is 0 Å². The molecule has 0 fully saturated rings. The van der Waals surface area contributed by atoms with Crippen LogP contribution in [0.15, 0.2) is 0 Å². The quantitative estimate of drug-likeness (QED) is 0.0470. The third-order valence-corrected chi connectivity index (χ3v) is 15.1. The minimum atomic E-state index is -0.191. The highest BCUT2D eigenvalue weighted by Gasteiger charge is 2.22. The minimum Gasteiger partial charge on any atom is -0.393 e. The molecule has 0 aromatic rings. The molecule has 0 saturated carbocycles. The van der Waals surface area contributed by atoms with Crippen molar-refractivity contribution >= 4 is 0 Å². The lowest BCUT2D eigenvalue weighted by Crippen LogP contribution is -2.28. The lowest BCUT2D eigenvalue weighted by atomic mass is 9.82. The molecule has 0 aromatic carbocycles. The fourth-order valence-corrected chi connectivity index (χ4v) is 12.4. The first-order chi connectivity index (χ1) is 31.9. The third kappa shape index (κ3) is 44.2. The Balaban J connectivity index is 5.43. The molecule has 14 unspecified atom stereocenters. The van der Waals surface area contributed by atoms with Crippen molar-refractivity contribution in [1.82, 2.24) is 0 Å². The van der Waals surface area contributed by atoms with Gasteiger partial charge in [-0.05, 0) is 176 Å². The number of unbranched alkanes of at least 4 members (excludes halogenated alkanes) is 14. The van der Waals surface area contributed by atoms with Crippen LogP contribution in [0, 0.1) is 59.2 Å². The molecule has 0 aliphatic carbocycles. The average molecular weight is 952 g/mol. The van der Waals surface area contributed by atoms with Gasteiger partial charge in [-0.25, -0.2) is 0 Å². The Bertz CT molecular complexity index is 940. The van der Waals surface area contributed by atoms with E-state index in [1.807, 2.05) is 13.8 Å². The molecule has 0 radical (unpaired) electrons. The van der Waals surface area contributed by atoms with Gasteiger partial charge < -0.3 is 24.4 Å². The van der Waals surface area contributed by atoms with Gasteiger partial charge in [0.05, 0.1) is 12.2 Å². The standard InChI is InChI=1S/C62H126O5/c1-15-17-19-21-23-25-27-29-37-65-61(35-31-33-49(3)39-51(5)41-53(7)43-55(9)45-57(11)47-59(13)63)67-62(66-38-30-28-26-24-22-20-18-16-2)36-32-34-50(4)40-52(6)42-54(8)44-56(10)46-58(12)48-60(14)64/h49-64H,15-48H2,1-14H3. The Kier molecular flexibility index (Phi) is 44.4. The molecule has 5 heteroatoms. The second-order valence-corrected chi connectivity index (χ2v) is 24.7. The van der Waals surface area contributed by atoms with Gasteiger partial charge in [0.1, 0.15) is 0 Å². The summed E-state index contributed by atoms with van der Waals surface area (Å²) < 4.78 is 20.3. The highest BCUT2D eigenvalue weighted by Crippen LogP contribution is 2.31. The molecule has 0 rings (SSSR count). The zero-order valence-electron chi connectivity index (χ0n) is 48.2. The maximum absolute atomic E-state index is 9.83. The molecule has 0 bridgehead atoms. The van der Waals surface area contributed by atoms with Gasteiger partial charge in [0.2, 0.25) is 0 Å². The van der Waals surface area contributed by atoms with E-state index in [9.17, 15) is 10.2 Å². The Morgan fingerprint density at radius 3 is 0.776 bits per heavy atom. The van der Waals surface area contributed by atoms with Crippen molar-refractivity contribution < 1.29 is 24.4 Å². The maximum atomic E-state index is 9.83. The van der Waals surface area contributed by atoms with Crippen LogP contribution in [0.2, 0.25) is 0 Å². The van der Waals surface area contributed by atoms with Crippen LogP contribution in [0.5, 0.6) is 0 Å². The van der Waals surface area contributed by atoms with E-state index in [2.05, 4.69) is 83.1 Å². The van der Waals surface area contributed by atoms with Gasteiger partial charge in [-0.1, -0.05) is 186 Å². The fourth-order valence-electron chi connectivity index (χ4n) is 12.4. The molecule has 2 N–H and O–H groups in total. The van der Waals surface area contributed by atoms with Gasteiger partial charge in [0.15, 0.2) is 12.6 Å². The van der Waals surface area contributed by atoms with Gasteiger partial charge in [-0.3, -0.25) is 0 Å². The first-order valence-electron chi connectivity index (χ1n) is 30.2. The summed E-state index contributed by atoms with van der Waals surface area (Å²) in [5, 5.41) is 19.7. The second kappa shape index (κ2) is 44.5. The molecule has 0 spiro atoms. The summed E-state index contributed by atoms with van der Waals surface area (Å²) in [7, 11) is 0. The van der Waals surface area contributed by atoms with Crippen LogP contribution < -0.4 is 0 Å². The van der Waals surface area contributed by atoms with Crippen molar-refractivity contribution in [3.8, 4) is 0 Å². The van der Waals surface area contributed by atoms with Crippen molar-refractivity contribution in [2.24, 2.45) is 59.2 Å². The normalized spacial score (nSPS) is 18.6. The van der Waals surface area contributed by atoms with Crippen molar-refractivity contribution in [2.75, 3.05) is 13.2 Å². The highest BCUT2D eigenvalue weighted by atomic mass is 16.8. The largest absolute Gasteiger partial charge is 0.393 e. The van der Waals surface area contributed by atoms with E-state index in [0.29, 0.717) is 23.7 Å². The molecule has 14 atom stereocenters. The fraction of sp³-hybridized carbons (Fsp3) is 1.00. The molecule has 0 aliphatic rings. The highest BCUT2D eigenvalue weighted by molar-refractivity contribution is 4.71. The molecular formula is C62H126O5. The van der Waals surface area contributed by atoms with Gasteiger partial charge in [-0.15, -0.1) is 0 Å². The molecular weight excluding hydrogens is 825 g/mol. The lowest BCUT2D eigenvalue weighted by Gasteiger charge is -2.27. The molecule has 5 nitrogen and oxygen atoms in total. The summed E-state index contributed by atoms with van der Waals surface area (Å²) in [6, 6.07) is 0. The molecule has 404 valence electrons. The van der Waals surface area contributed by atoms with E-state index in [4.69, 9.17) is 14.2 Å². The Labute approximate surface area is 422 Å². The van der Waals surface area contributed by atoms with Crippen molar-refractivity contribution in [1.29, 1.82) is 0 Å². The number of aliphatic hydroxyl groups excluding tert-OH is 2. The Hall–Kier alpha value is -0.200. The second-order valence-electron chi connectivity index (χ2n) is 24.7. The summed E-state index contributed by atoms with van der Waals surface area (Å²) in [4.78, 5) is 0. The van der Waals surface area contributed by atoms with Crippen molar-refractivity contribution in [2.45, 2.75) is 327 Å². The van der Waals surface area contributed by atoms with Crippen LogP contribution in [0.1, 0.15) is 302 Å². The van der Waals surface area contributed by atoms with Crippen LogP contribution in [0.25, 0.3) is 0 Å². The average Bonchev–Trinajstić information content (AvgIpc) is 3.20. The van der Waals surface area contributed by atoms with Crippen LogP contribution >= 0.6 is 0 Å². The predicted octanol–water partition coefficient (Wildman–Crippen LogP) is 19.3. The van der Waals surface area contributed by atoms with Crippen LogP contribution in [-0.2, 0) is 14.2 Å². The van der Waals surface area contributed by atoms with Crippen LogP contribution in [0.3, 0.4) is 0 Å². The maximum Gasteiger partial charge on any atom is 0.160 e. The zero-order chi connectivity index (χ0) is 50.2. The SMILES string of the molecule is CCCCCCCCCCOC(CCCC(C)CC(C)CC(C)CC(C)CC(C)CC(C)O)OC(CCCC(C)CC(C)CC(C)CC(C)CC(C)CC(C)O)OCCCCCCCCCC. The zero-order valence-corrected chi connectivity index (χ0v) is 48.2. The predicted molar refractivity (Wildman–Crippen MR) is 295 cm³/mol. The van der Waals surface area contributed by atoms with E-state index >= 15 is 0 Å². The number of hydrogen-bond acceptors (Lipinski definition) is 5. The van der Waals surface area contributed by atoms with Crippen LogP contribution in [0.4, 0.5) is 0 Å². The van der Waals surface area contributed by atoms with Gasteiger partial charge in [-0.2, -0.15) is 0 Å². The molecule has 0 aliphatic heterocycles. The summed E-state index contributed by atoms with van der Waals surface area (Å²) >= 11 is 0. The number of ether oxygens (including phenoxy) is 3. The van der Waals surface area contributed by atoms with Gasteiger partial charge in [0, 0.05) is 13.2 Å². The summed E-state index contributed by atoms with van der Waals surface area (Å²) in [6.07, 6.45) is 38.9. The number of rotatable bonds is 50. The van der Waals surface area contributed by atoms with E-state index in [0.717, 1.165) is 100 Å². The van der Waals surface area contributed by atoms with E-state index in [1.165, 1.54) is 154 Å². The van der Waals surface area contributed by atoms with E-state index in [1.54, 1.807) is 0 Å². The molecule has 0 aromatic heterocycles. The Morgan fingerprint density at radius 2 is 0.507 bits per heavy atom. The monoisotopic (exact) mass is 951 g/mol. The molecule has 0 saturated heterocycles. The lowest BCUT2D eigenvalue weighted by molar-refractivity contribution is -0.250. The molecule has 67 heavy (non-hydrogen) atoms. The number of hydrogen-bond donors (Lipinski definition) is 2. The summed E-state index contributed by atoms with van der Waals surface area (Å²) in [5.41, 5.74) is 0. The summed E-state index contributed by atoms with van der Waals surface area (Å²) in [5.74, 6) is 7.01. The first-order valence-corrected chi connectivity index (χ1v) is 30.2. The van der Waals surface area contributed by atoms with Gasteiger partial charge >= 0.3 is 0 Å². The van der Waals surface area contributed by atoms with Crippen molar-refractivity contribution in [3.63, 3.8) is 0 Å². The minimum absolute atomic E-state index is 0.188. The third-order valence-electron chi connectivity index (χ3n) is 15.1. The molecule has 0 heterocycles. The van der Waals surface area contributed by atoms with Crippen LogP contribution in [-0.4, -0.2) is 48.2 Å². The van der Waals surface area contributed by atoms with E-state index in [-0.39, 0.29) is 24.8 Å². The molecule has 0 amide bonds. The summed E-state index contributed by atoms with van der Waals surface area (Å²) in [6.45, 7) is 34.3. The topological polar surface area (TPSA) is 68.2 Å². The number of aliphatic hydroxyl groups is 2. The van der Waals surface area contributed by atoms with Gasteiger partial charge in [0.25, 0.3) is 0 Å². The smallest absolute Gasteiger partial charge is 0.160 e. The van der Waals surface area contributed by atoms with Crippen molar-refractivity contribution in [3.05, 3.63) is 0 Å².